The first-order valence-electron chi connectivity index (χ1n) is 9.64. The van der Waals surface area contributed by atoms with Gasteiger partial charge in [-0.2, -0.15) is 0 Å². The monoisotopic (exact) mass is 445 g/mol. The van der Waals surface area contributed by atoms with Gasteiger partial charge in [-0.15, -0.1) is 0 Å². The molecule has 4 atom stereocenters. The zero-order chi connectivity index (χ0) is 24.3. The summed E-state index contributed by atoms with van der Waals surface area (Å²) in [6.07, 6.45) is -0.869. The molecule has 0 saturated heterocycles. The van der Waals surface area contributed by atoms with Gasteiger partial charge in [-0.1, -0.05) is 13.8 Å². The highest BCUT2D eigenvalue weighted by atomic mass is 16.4. The fraction of sp³-hybridized carbons (Fsp3) is 0.667. The Morgan fingerprint density at radius 1 is 0.839 bits per heavy atom. The van der Waals surface area contributed by atoms with E-state index in [4.69, 9.17) is 21.7 Å². The van der Waals surface area contributed by atoms with Crippen LogP contribution in [0.3, 0.4) is 0 Å². The van der Waals surface area contributed by atoms with Crippen LogP contribution in [0.2, 0.25) is 0 Å². The van der Waals surface area contributed by atoms with Crippen LogP contribution in [0.1, 0.15) is 46.5 Å². The summed E-state index contributed by atoms with van der Waals surface area (Å²) in [7, 11) is 0. The molecular formula is C18H31N5O8. The highest BCUT2D eigenvalue weighted by Crippen LogP contribution is 2.05. The first kappa shape index (κ1) is 27.8. The van der Waals surface area contributed by atoms with Gasteiger partial charge in [0.25, 0.3) is 0 Å². The van der Waals surface area contributed by atoms with Gasteiger partial charge in [0, 0.05) is 6.42 Å². The molecule has 13 nitrogen and oxygen atoms in total. The van der Waals surface area contributed by atoms with E-state index < -0.39 is 66.2 Å². The van der Waals surface area contributed by atoms with E-state index in [2.05, 4.69) is 10.6 Å². The molecule has 0 radical (unpaired) electrons. The van der Waals surface area contributed by atoms with Crippen molar-refractivity contribution in [3.63, 3.8) is 0 Å². The molecule has 0 rings (SSSR count). The Hall–Kier alpha value is -3.22. The SMILES string of the molecule is CC(C)CC(N)C(=O)NC(CCC(N)=O)C(=O)NC(C)C(=O)NC(CC(=O)O)C(=O)O. The third kappa shape index (κ3) is 11.5. The molecule has 0 spiro atoms. The van der Waals surface area contributed by atoms with E-state index >= 15 is 0 Å². The second-order valence-corrected chi connectivity index (χ2v) is 7.53. The predicted molar refractivity (Wildman–Crippen MR) is 107 cm³/mol. The van der Waals surface area contributed by atoms with Crippen molar-refractivity contribution in [3.8, 4) is 0 Å². The van der Waals surface area contributed by atoms with Gasteiger partial charge in [-0.25, -0.2) is 4.79 Å². The molecule has 0 aromatic carbocycles. The van der Waals surface area contributed by atoms with Crippen molar-refractivity contribution in [2.24, 2.45) is 17.4 Å². The van der Waals surface area contributed by atoms with Gasteiger partial charge in [0.2, 0.25) is 23.6 Å². The van der Waals surface area contributed by atoms with Crippen molar-refractivity contribution in [1.29, 1.82) is 0 Å². The van der Waals surface area contributed by atoms with Crippen LogP contribution in [0.25, 0.3) is 0 Å². The molecule has 0 aromatic rings. The summed E-state index contributed by atoms with van der Waals surface area (Å²) in [6.45, 7) is 4.96. The summed E-state index contributed by atoms with van der Waals surface area (Å²) in [5.74, 6) is -5.96. The number of rotatable bonds is 14. The first-order valence-corrected chi connectivity index (χ1v) is 9.64. The lowest BCUT2D eigenvalue weighted by Crippen LogP contribution is -2.56. The number of carboxylic acid groups (broad SMARTS) is 2. The molecule has 13 heteroatoms. The molecule has 4 unspecified atom stereocenters. The summed E-state index contributed by atoms with van der Waals surface area (Å²) in [5, 5.41) is 24.4. The number of carboxylic acids is 2. The second kappa shape index (κ2) is 13.2. The standard InChI is InChI=1S/C18H31N5O8/c1-8(2)6-10(19)16(28)22-11(4-5-13(20)24)17(29)21-9(3)15(27)23-12(18(30)31)7-14(25)26/h8-12H,4-7,19H2,1-3H3,(H2,20,24)(H,21,29)(H,22,28)(H,23,27)(H,25,26)(H,30,31). The van der Waals surface area contributed by atoms with E-state index in [0.29, 0.717) is 6.42 Å². The van der Waals surface area contributed by atoms with E-state index in [1.54, 1.807) is 0 Å². The second-order valence-electron chi connectivity index (χ2n) is 7.53. The van der Waals surface area contributed by atoms with Crippen LogP contribution in [0.4, 0.5) is 0 Å². The summed E-state index contributed by atoms with van der Waals surface area (Å²) in [4.78, 5) is 69.8. The Labute approximate surface area is 179 Å². The Balaban J connectivity index is 5.14. The number of nitrogens with two attached hydrogens (primary N) is 2. The lowest BCUT2D eigenvalue weighted by Gasteiger charge is -2.23. The number of amides is 4. The minimum atomic E-state index is -1.69. The summed E-state index contributed by atoms with van der Waals surface area (Å²) in [6, 6.07) is -5.07. The number of carbonyl (C=O) groups excluding carboxylic acids is 4. The van der Waals surface area contributed by atoms with Crippen LogP contribution in [-0.4, -0.2) is 69.9 Å². The molecule has 9 N–H and O–H groups in total. The molecule has 0 bridgehead atoms. The minimum Gasteiger partial charge on any atom is -0.481 e. The van der Waals surface area contributed by atoms with Crippen molar-refractivity contribution in [1.82, 2.24) is 16.0 Å². The Morgan fingerprint density at radius 2 is 1.39 bits per heavy atom. The van der Waals surface area contributed by atoms with E-state index in [1.165, 1.54) is 6.92 Å². The molecule has 4 amide bonds. The summed E-state index contributed by atoms with van der Waals surface area (Å²) in [5.41, 5.74) is 10.9. The lowest BCUT2D eigenvalue weighted by molar-refractivity contribution is -0.147. The molecule has 176 valence electrons. The lowest BCUT2D eigenvalue weighted by atomic mass is 10.0. The maximum absolute atomic E-state index is 12.5. The van der Waals surface area contributed by atoms with Gasteiger partial charge in [-0.05, 0) is 25.7 Å². The van der Waals surface area contributed by atoms with Gasteiger partial charge in [0.1, 0.15) is 18.1 Å². The van der Waals surface area contributed by atoms with Crippen molar-refractivity contribution in [2.75, 3.05) is 0 Å². The summed E-state index contributed by atoms with van der Waals surface area (Å²) < 4.78 is 0. The third-order valence-electron chi connectivity index (χ3n) is 4.12. The maximum Gasteiger partial charge on any atom is 0.326 e. The van der Waals surface area contributed by atoms with Crippen molar-refractivity contribution >= 4 is 35.6 Å². The van der Waals surface area contributed by atoms with E-state index in [1.807, 2.05) is 19.2 Å². The smallest absolute Gasteiger partial charge is 0.326 e. The zero-order valence-electron chi connectivity index (χ0n) is 17.7. The van der Waals surface area contributed by atoms with Crippen molar-refractivity contribution in [3.05, 3.63) is 0 Å². The molecule has 0 aliphatic carbocycles. The largest absolute Gasteiger partial charge is 0.481 e. The van der Waals surface area contributed by atoms with Gasteiger partial charge in [-0.3, -0.25) is 24.0 Å². The summed E-state index contributed by atoms with van der Waals surface area (Å²) >= 11 is 0. The Morgan fingerprint density at radius 3 is 1.84 bits per heavy atom. The third-order valence-corrected chi connectivity index (χ3v) is 4.12. The van der Waals surface area contributed by atoms with Crippen LogP contribution >= 0.6 is 0 Å². The van der Waals surface area contributed by atoms with Gasteiger partial charge < -0.3 is 37.6 Å². The van der Waals surface area contributed by atoms with Crippen LogP contribution < -0.4 is 27.4 Å². The molecule has 0 aromatic heterocycles. The highest BCUT2D eigenvalue weighted by Gasteiger charge is 2.29. The van der Waals surface area contributed by atoms with Gasteiger partial charge >= 0.3 is 11.9 Å². The zero-order valence-corrected chi connectivity index (χ0v) is 17.7. The quantitative estimate of drug-likeness (QED) is 0.151. The highest BCUT2D eigenvalue weighted by molar-refractivity contribution is 5.94. The first-order chi connectivity index (χ1) is 14.2. The fourth-order valence-corrected chi connectivity index (χ4v) is 2.50. The molecule has 0 aliphatic rings. The Bertz CT molecular complexity index is 696. The van der Waals surface area contributed by atoms with Crippen LogP contribution in [0.15, 0.2) is 0 Å². The van der Waals surface area contributed by atoms with E-state index in [0.717, 1.165) is 0 Å². The minimum absolute atomic E-state index is 0.121. The number of nitrogens with one attached hydrogen (secondary N) is 3. The number of hydrogen-bond acceptors (Lipinski definition) is 7. The van der Waals surface area contributed by atoms with E-state index in [9.17, 15) is 28.8 Å². The number of primary amides is 1. The topological polar surface area (TPSA) is 231 Å². The molecule has 31 heavy (non-hydrogen) atoms. The molecule has 0 saturated carbocycles. The van der Waals surface area contributed by atoms with Gasteiger partial charge in [0.15, 0.2) is 0 Å². The Kier molecular flexibility index (Phi) is 11.8. The van der Waals surface area contributed by atoms with Gasteiger partial charge in [0.05, 0.1) is 12.5 Å². The predicted octanol–water partition coefficient (Wildman–Crippen LogP) is -2.34. The average Bonchev–Trinajstić information content (AvgIpc) is 2.62. The average molecular weight is 445 g/mol. The molecule has 0 fully saturated rings. The van der Waals surface area contributed by atoms with Crippen molar-refractivity contribution in [2.45, 2.75) is 70.6 Å². The molecule has 0 heterocycles. The normalized spacial score (nSPS) is 14.6. The van der Waals surface area contributed by atoms with Crippen LogP contribution in [0.5, 0.6) is 0 Å². The fourth-order valence-electron chi connectivity index (χ4n) is 2.50. The molecular weight excluding hydrogens is 414 g/mol. The maximum atomic E-state index is 12.5. The van der Waals surface area contributed by atoms with Crippen molar-refractivity contribution < 1.29 is 39.0 Å². The van der Waals surface area contributed by atoms with Crippen LogP contribution in [-0.2, 0) is 28.8 Å². The number of hydrogen-bond donors (Lipinski definition) is 7. The molecule has 0 aliphatic heterocycles. The number of aliphatic carboxylic acids is 2. The van der Waals surface area contributed by atoms with E-state index in [-0.39, 0.29) is 18.8 Å². The van der Waals surface area contributed by atoms with Crippen LogP contribution in [0, 0.1) is 5.92 Å². The number of carbonyl (C=O) groups is 6.